The second-order valence-corrected chi connectivity index (χ2v) is 9.13. The Morgan fingerprint density at radius 2 is 1.73 bits per heavy atom. The van der Waals surface area contributed by atoms with E-state index in [2.05, 4.69) is 6.92 Å². The molecule has 0 radical (unpaired) electrons. The molecule has 3 unspecified atom stereocenters. The number of para-hydroxylation sites is 2. The van der Waals surface area contributed by atoms with E-state index in [1.54, 1.807) is 24.3 Å². The number of anilines is 2. The van der Waals surface area contributed by atoms with Crippen LogP contribution < -0.4 is 9.80 Å². The molecule has 0 aliphatic carbocycles. The number of rotatable bonds is 5. The highest BCUT2D eigenvalue weighted by molar-refractivity contribution is 6.31. The fourth-order valence-corrected chi connectivity index (χ4v) is 4.75. The third-order valence-electron chi connectivity index (χ3n) is 6.47. The molecule has 33 heavy (non-hydrogen) atoms. The van der Waals surface area contributed by atoms with Crippen LogP contribution in [-0.2, 0) is 4.79 Å². The number of carbonyl (C=O) groups excluding carboxylic acids is 2. The molecule has 0 spiro atoms. The molecule has 0 bridgehead atoms. The van der Waals surface area contributed by atoms with Crippen molar-refractivity contribution in [1.29, 1.82) is 0 Å². The fourth-order valence-electron chi connectivity index (χ4n) is 4.56. The Morgan fingerprint density at radius 1 is 1.03 bits per heavy atom. The van der Waals surface area contributed by atoms with E-state index in [9.17, 15) is 9.59 Å². The van der Waals surface area contributed by atoms with Gasteiger partial charge in [-0.1, -0.05) is 67.9 Å². The summed E-state index contributed by atoms with van der Waals surface area (Å²) in [6.07, 6.45) is 1.43. The van der Waals surface area contributed by atoms with Crippen LogP contribution in [0.4, 0.5) is 11.4 Å². The van der Waals surface area contributed by atoms with Gasteiger partial charge in [-0.3, -0.25) is 9.59 Å². The van der Waals surface area contributed by atoms with Gasteiger partial charge in [-0.15, -0.1) is 0 Å². The third kappa shape index (κ3) is 4.53. The number of benzene rings is 3. The van der Waals surface area contributed by atoms with E-state index < -0.39 is 0 Å². The molecule has 3 aromatic rings. The van der Waals surface area contributed by atoms with E-state index in [4.69, 9.17) is 11.6 Å². The maximum absolute atomic E-state index is 13.9. The minimum Gasteiger partial charge on any atom is -0.309 e. The van der Waals surface area contributed by atoms with Crippen molar-refractivity contribution >= 4 is 34.8 Å². The normalized spacial score (nSPS) is 18.4. The van der Waals surface area contributed by atoms with Gasteiger partial charge < -0.3 is 9.80 Å². The van der Waals surface area contributed by atoms with Crippen molar-refractivity contribution in [3.63, 3.8) is 0 Å². The van der Waals surface area contributed by atoms with E-state index in [1.165, 1.54) is 0 Å². The summed E-state index contributed by atoms with van der Waals surface area (Å²) in [4.78, 5) is 30.9. The van der Waals surface area contributed by atoms with E-state index in [0.717, 1.165) is 23.4 Å². The zero-order valence-corrected chi connectivity index (χ0v) is 20.0. The zero-order chi connectivity index (χ0) is 23.5. The number of amides is 2. The molecule has 0 N–H and O–H groups in total. The minimum absolute atomic E-state index is 0.0511. The van der Waals surface area contributed by atoms with Gasteiger partial charge in [0.15, 0.2) is 0 Å². The average molecular weight is 461 g/mol. The van der Waals surface area contributed by atoms with Gasteiger partial charge in [0.05, 0.1) is 6.04 Å². The predicted octanol–water partition coefficient (Wildman–Crippen LogP) is 6.90. The van der Waals surface area contributed by atoms with Crippen molar-refractivity contribution in [3.8, 4) is 0 Å². The maximum atomic E-state index is 13.9. The van der Waals surface area contributed by atoms with Gasteiger partial charge >= 0.3 is 0 Å². The molecule has 3 atom stereocenters. The van der Waals surface area contributed by atoms with Crippen molar-refractivity contribution in [2.75, 3.05) is 9.80 Å². The van der Waals surface area contributed by atoms with Crippen LogP contribution in [0, 0.1) is 5.92 Å². The van der Waals surface area contributed by atoms with E-state index in [-0.39, 0.29) is 29.8 Å². The summed E-state index contributed by atoms with van der Waals surface area (Å²) >= 11 is 6.21. The predicted molar refractivity (Wildman–Crippen MR) is 135 cm³/mol. The lowest BCUT2D eigenvalue weighted by Gasteiger charge is -2.44. The lowest BCUT2D eigenvalue weighted by atomic mass is 9.88. The van der Waals surface area contributed by atoms with Gasteiger partial charge in [-0.05, 0) is 61.7 Å². The molecule has 4 nitrogen and oxygen atoms in total. The minimum atomic E-state index is -0.217. The molecule has 4 rings (SSSR count). The molecule has 0 fully saturated rings. The SMILES string of the molecule is CCC(C)C(=O)N1c2ccccc2C(N(C(=O)c2cccc(Cl)c2)c2ccccc2)CC1C. The van der Waals surface area contributed by atoms with Crippen molar-refractivity contribution in [2.24, 2.45) is 5.92 Å². The van der Waals surface area contributed by atoms with Crippen molar-refractivity contribution < 1.29 is 9.59 Å². The number of halogens is 1. The van der Waals surface area contributed by atoms with E-state index in [1.807, 2.05) is 78.2 Å². The Kier molecular flexibility index (Phi) is 6.85. The average Bonchev–Trinajstić information content (AvgIpc) is 2.84. The first-order valence-electron chi connectivity index (χ1n) is 11.5. The number of fused-ring (bicyclic) bond motifs is 1. The van der Waals surface area contributed by atoms with Crippen LogP contribution in [0.15, 0.2) is 78.9 Å². The molecular weight excluding hydrogens is 432 g/mol. The summed E-state index contributed by atoms with van der Waals surface area (Å²) in [6, 6.07) is 24.5. The van der Waals surface area contributed by atoms with Crippen LogP contribution in [0.25, 0.3) is 0 Å². The highest BCUT2D eigenvalue weighted by atomic mass is 35.5. The topological polar surface area (TPSA) is 40.6 Å². The van der Waals surface area contributed by atoms with Gasteiger partial charge in [-0.2, -0.15) is 0 Å². The van der Waals surface area contributed by atoms with Gasteiger partial charge in [0.1, 0.15) is 0 Å². The van der Waals surface area contributed by atoms with Crippen LogP contribution in [0.1, 0.15) is 55.6 Å². The monoisotopic (exact) mass is 460 g/mol. The Morgan fingerprint density at radius 3 is 2.42 bits per heavy atom. The summed E-state index contributed by atoms with van der Waals surface area (Å²) in [5.41, 5.74) is 3.21. The highest BCUT2D eigenvalue weighted by Gasteiger charge is 2.39. The van der Waals surface area contributed by atoms with Crippen molar-refractivity contribution in [2.45, 2.75) is 45.7 Å². The third-order valence-corrected chi connectivity index (χ3v) is 6.70. The molecule has 0 aromatic heterocycles. The van der Waals surface area contributed by atoms with Crippen LogP contribution in [0.5, 0.6) is 0 Å². The van der Waals surface area contributed by atoms with Gasteiger partial charge in [0, 0.05) is 33.9 Å². The highest BCUT2D eigenvalue weighted by Crippen LogP contribution is 2.43. The first kappa shape index (κ1) is 23.1. The summed E-state index contributed by atoms with van der Waals surface area (Å²) in [5, 5.41) is 0.525. The van der Waals surface area contributed by atoms with Crippen LogP contribution >= 0.6 is 11.6 Å². The van der Waals surface area contributed by atoms with E-state index in [0.29, 0.717) is 17.0 Å². The maximum Gasteiger partial charge on any atom is 0.258 e. The van der Waals surface area contributed by atoms with Crippen molar-refractivity contribution in [3.05, 3.63) is 95.0 Å². The Hall–Kier alpha value is -3.11. The van der Waals surface area contributed by atoms with Crippen LogP contribution in [0.2, 0.25) is 5.02 Å². The lowest BCUT2D eigenvalue weighted by molar-refractivity contribution is -0.122. The summed E-state index contributed by atoms with van der Waals surface area (Å²) in [7, 11) is 0. The van der Waals surface area contributed by atoms with Gasteiger partial charge in [0.2, 0.25) is 5.91 Å². The number of hydrogen-bond acceptors (Lipinski definition) is 2. The molecule has 0 saturated carbocycles. The van der Waals surface area contributed by atoms with Gasteiger partial charge in [-0.25, -0.2) is 0 Å². The van der Waals surface area contributed by atoms with E-state index >= 15 is 0 Å². The standard InChI is InChI=1S/C28H29ClN2O2/c1-4-19(2)27(32)30-20(3)17-26(24-15-8-9-16-25(24)30)31(23-13-6-5-7-14-23)28(33)21-11-10-12-22(29)18-21/h5-16,18-20,26H,4,17H2,1-3H3. The first-order valence-corrected chi connectivity index (χ1v) is 11.9. The molecule has 1 aliphatic heterocycles. The summed E-state index contributed by atoms with van der Waals surface area (Å²) in [5.74, 6) is -0.0453. The Bertz CT molecular complexity index is 1150. The summed E-state index contributed by atoms with van der Waals surface area (Å²) < 4.78 is 0. The largest absolute Gasteiger partial charge is 0.309 e. The molecule has 1 heterocycles. The smallest absolute Gasteiger partial charge is 0.258 e. The molecule has 1 aliphatic rings. The first-order chi connectivity index (χ1) is 15.9. The Labute approximate surface area is 200 Å². The number of hydrogen-bond donors (Lipinski definition) is 0. The molecule has 0 saturated heterocycles. The molecule has 5 heteroatoms. The lowest BCUT2D eigenvalue weighted by Crippen LogP contribution is -2.49. The molecule has 3 aromatic carbocycles. The molecular formula is C28H29ClN2O2. The number of carbonyl (C=O) groups is 2. The molecule has 2 amide bonds. The number of nitrogens with zero attached hydrogens (tertiary/aromatic N) is 2. The second-order valence-electron chi connectivity index (χ2n) is 8.70. The summed E-state index contributed by atoms with van der Waals surface area (Å²) in [6.45, 7) is 6.08. The Balaban J connectivity index is 1.83. The second kappa shape index (κ2) is 9.80. The quantitative estimate of drug-likeness (QED) is 0.415. The zero-order valence-electron chi connectivity index (χ0n) is 19.2. The van der Waals surface area contributed by atoms with Crippen LogP contribution in [0.3, 0.4) is 0 Å². The van der Waals surface area contributed by atoms with Crippen LogP contribution in [-0.4, -0.2) is 17.9 Å². The van der Waals surface area contributed by atoms with Crippen molar-refractivity contribution in [1.82, 2.24) is 0 Å². The fraction of sp³-hybridized carbons (Fsp3) is 0.286. The molecule has 170 valence electrons. The van der Waals surface area contributed by atoms with Gasteiger partial charge in [0.25, 0.3) is 5.91 Å².